The SMILES string of the molecule is C=CCC(=O)SCCOP(=O)(COCCn1cnc2c(=O)[nH]c(N)nc21)OCc1ccc(C)cc1.CCC(=O)SCCOP(=O)(COCCn1cnc2c(=O)[nH]c(N)nc21)OCc1ccc(C)cc1.Cc1ccc(COP(=O)(COCCn2cnc3c(=O)[nH]c(N)nc32)OCCSC(=O)C(C)(C)C)cc1.Cc1ccc(COP(=O)(COCCn2cnc3c(=O)[nH]c(N)nc32)OCCSC(=O)C2CCC2)cc1. The van der Waals surface area contributed by atoms with Crippen molar-refractivity contribution >= 4 is 166 Å². The van der Waals surface area contributed by atoms with Gasteiger partial charge in [-0.05, 0) is 62.8 Å². The minimum Gasteiger partial charge on any atom is -0.369 e. The van der Waals surface area contributed by atoms with Crippen molar-refractivity contribution in [1.82, 2.24) is 78.1 Å². The third kappa shape index (κ3) is 37.1. The van der Waals surface area contributed by atoms with E-state index >= 15 is 0 Å². The van der Waals surface area contributed by atoms with E-state index in [4.69, 9.17) is 78.1 Å². The van der Waals surface area contributed by atoms with Gasteiger partial charge in [0.1, 0.15) is 25.4 Å². The van der Waals surface area contributed by atoms with E-state index in [0.29, 0.717) is 71.7 Å². The number of benzene rings is 4. The van der Waals surface area contributed by atoms with Crippen molar-refractivity contribution < 1.29 is 92.6 Å². The molecule has 141 heavy (non-hydrogen) atoms. The molecule has 44 nitrogen and oxygen atoms in total. The van der Waals surface area contributed by atoms with Crippen LogP contribution in [0.5, 0.6) is 0 Å². The summed E-state index contributed by atoms with van der Waals surface area (Å²) in [6, 6.07) is 30.7. The summed E-state index contributed by atoms with van der Waals surface area (Å²) >= 11 is 4.55. The number of nitrogens with zero attached hydrogens (tertiary/aromatic N) is 12. The molecule has 1 aliphatic carbocycles. The molecule has 0 aliphatic heterocycles. The summed E-state index contributed by atoms with van der Waals surface area (Å²) in [6.45, 7) is 21.2. The van der Waals surface area contributed by atoms with Crippen LogP contribution in [0, 0.1) is 39.0 Å². The zero-order valence-electron chi connectivity index (χ0n) is 79.3. The number of hydrogen-bond acceptors (Lipinski definition) is 40. The fourth-order valence-electron chi connectivity index (χ4n) is 12.3. The highest BCUT2D eigenvalue weighted by molar-refractivity contribution is 8.14. The predicted molar refractivity (Wildman–Crippen MR) is 543 cm³/mol. The van der Waals surface area contributed by atoms with Crippen molar-refractivity contribution in [2.45, 2.75) is 140 Å². The molecule has 4 unspecified atom stereocenters. The van der Waals surface area contributed by atoms with Crippen molar-refractivity contribution in [3.05, 3.63) is 221 Å². The number of aromatic amines is 4. The number of fused-ring (bicyclic) bond motifs is 4. The lowest BCUT2D eigenvalue weighted by Gasteiger charge is -2.23. The third-order valence-corrected chi connectivity index (χ3v) is 30.7. The molecule has 8 aromatic heterocycles. The minimum absolute atomic E-state index is 0.00812. The zero-order chi connectivity index (χ0) is 102. The lowest BCUT2D eigenvalue weighted by Crippen LogP contribution is -2.20. The lowest BCUT2D eigenvalue weighted by atomic mass is 9.87. The van der Waals surface area contributed by atoms with E-state index in [9.17, 15) is 56.6 Å². The van der Waals surface area contributed by atoms with Crippen LogP contribution in [0.1, 0.15) is 104 Å². The maximum Gasteiger partial charge on any atom is 0.356 e. The number of carbonyl (C=O) groups excluding carboxylic acids is 4. The first-order chi connectivity index (χ1) is 67.4. The molecule has 4 aromatic carbocycles. The van der Waals surface area contributed by atoms with Crippen molar-refractivity contribution in [1.29, 1.82) is 0 Å². The van der Waals surface area contributed by atoms with Gasteiger partial charge >= 0.3 is 30.4 Å². The number of imidazole rings is 4. The number of allylic oxidation sites excluding steroid dienone is 1. The van der Waals surface area contributed by atoms with Crippen LogP contribution < -0.4 is 45.2 Å². The predicted octanol–water partition coefficient (Wildman–Crippen LogP) is 13.5. The maximum atomic E-state index is 13.4. The Morgan fingerprint density at radius 2 is 0.667 bits per heavy atom. The lowest BCUT2D eigenvalue weighted by molar-refractivity contribution is -0.117. The van der Waals surface area contributed by atoms with Crippen molar-refractivity contribution in [3.63, 3.8) is 0 Å². The first-order valence-corrected chi connectivity index (χ1v) is 55.4. The number of nitrogens with two attached hydrogens (primary N) is 4. The van der Waals surface area contributed by atoms with Crippen LogP contribution in [0.2, 0.25) is 0 Å². The van der Waals surface area contributed by atoms with Gasteiger partial charge in [0.05, 0.1) is 105 Å². The second-order valence-electron chi connectivity index (χ2n) is 32.7. The van der Waals surface area contributed by atoms with Gasteiger partial charge in [-0.2, -0.15) is 19.9 Å². The minimum atomic E-state index is -3.63. The average molecular weight is 2100 g/mol. The topological polar surface area (TPSA) is 606 Å². The summed E-state index contributed by atoms with van der Waals surface area (Å²) in [7, 11) is -14.5. The Balaban J connectivity index is 0.000000193. The van der Waals surface area contributed by atoms with Gasteiger partial charge in [0, 0.05) is 73.4 Å². The molecule has 52 heteroatoms. The van der Waals surface area contributed by atoms with Crippen LogP contribution in [0.25, 0.3) is 44.7 Å². The highest BCUT2D eigenvalue weighted by Gasteiger charge is 2.33. The second kappa shape index (κ2) is 55.6. The molecular formula is C89H118N20O24P4S4. The molecule has 8 heterocycles. The maximum absolute atomic E-state index is 13.4. The quantitative estimate of drug-likeness (QED) is 0.00997. The molecule has 12 N–H and O–H groups in total. The highest BCUT2D eigenvalue weighted by Crippen LogP contribution is 2.52. The Bertz CT molecular complexity index is 6620. The number of aryl methyl sites for hydroxylation is 4. The fourth-order valence-corrected chi connectivity index (χ4v) is 20.8. The van der Waals surface area contributed by atoms with E-state index < -0.39 is 58.0 Å². The van der Waals surface area contributed by atoms with E-state index in [1.165, 1.54) is 43.1 Å². The molecule has 13 rings (SSSR count). The number of hydrogen-bond donors (Lipinski definition) is 8. The van der Waals surface area contributed by atoms with Crippen LogP contribution in [-0.2, 0) is 145 Å². The smallest absolute Gasteiger partial charge is 0.356 e. The van der Waals surface area contributed by atoms with Crippen molar-refractivity contribution in [2.24, 2.45) is 11.3 Å². The number of nitrogen functional groups attached to an aromatic ring is 4. The van der Waals surface area contributed by atoms with Crippen LogP contribution in [-0.4, -0.2) is 200 Å². The van der Waals surface area contributed by atoms with Gasteiger partial charge in [-0.3, -0.25) is 76.6 Å². The van der Waals surface area contributed by atoms with Gasteiger partial charge in [-0.15, -0.1) is 6.58 Å². The molecule has 762 valence electrons. The average Bonchev–Trinajstić information content (AvgIpc) is 1.67. The van der Waals surface area contributed by atoms with E-state index in [2.05, 4.69) is 66.4 Å². The molecule has 0 saturated heterocycles. The molecule has 1 fully saturated rings. The van der Waals surface area contributed by atoms with Gasteiger partial charge < -0.3 is 96.3 Å². The molecule has 1 aliphatic rings. The molecule has 0 radical (unpaired) electrons. The molecule has 1 saturated carbocycles. The highest BCUT2D eigenvalue weighted by atomic mass is 32.2. The Morgan fingerprint density at radius 3 is 0.915 bits per heavy atom. The normalized spacial score (nSPS) is 13.9. The van der Waals surface area contributed by atoms with Crippen LogP contribution in [0.3, 0.4) is 0 Å². The summed E-state index contributed by atoms with van der Waals surface area (Å²) in [4.78, 5) is 137. The monoisotopic (exact) mass is 2100 g/mol. The standard InChI is InChI=1S/C23H30N5O6PS.C23H32N5O6PS.C22H28N5O6PS.C21H28N5O6PS/c1-16-5-7-17(8-6-16)13-34-35(31,33-11-12-36-22(30)18-3-2-4-18)15-32-10-9-28-14-25-19-20(28)26-23(24)27-21(19)29;1-16-5-7-17(8-6-16)13-34-35(31,33-11-12-36-21(30)23(2,3)4)15-32-10-9-28-14-25-18-19(28)26-22(24)27-20(18)29;1-3-4-18(28)35-12-11-32-34(30,33-13-17-7-5-16(2)6-8-17)15-31-10-9-27-14-24-19-20(27)25-22(23)26-21(19)29;1-3-17(27)34-11-10-31-33(29,32-12-16-6-4-15(2)5-7-16)14-30-9-8-26-13-23-18-19(26)24-21(22)25-20(18)28/h5-8,14,18H,2-4,9-13,15H2,1H3,(H3,24,26,27,29);5-8,14H,9-13,15H2,1-4H3,(H3,24,26,27,29);3,5-8,14H,1,4,9-13,15H2,2H3,(H3,23,25,26,29);4-7,13H,3,8-12,14H2,1-2H3,(H3,22,24,25,28). The van der Waals surface area contributed by atoms with E-state index in [1.807, 2.05) is 146 Å². The number of thioether (sulfide) groups is 4. The number of nitrogens with one attached hydrogen (secondary N) is 4. The number of rotatable bonds is 52. The largest absolute Gasteiger partial charge is 0.369 e. The fraction of sp³-hybridized carbons (Fsp3) is 0.438. The Labute approximate surface area is 828 Å². The number of H-pyrrole nitrogens is 4. The number of anilines is 4. The molecule has 12 aromatic rings. The summed E-state index contributed by atoms with van der Waals surface area (Å²) in [5.74, 6) is 1.53. The Kier molecular flexibility index (Phi) is 44.4. The molecule has 0 amide bonds. The summed E-state index contributed by atoms with van der Waals surface area (Å²) < 4.78 is 127. The van der Waals surface area contributed by atoms with Crippen LogP contribution in [0.15, 0.2) is 154 Å². The van der Waals surface area contributed by atoms with E-state index in [-0.39, 0.29) is 190 Å². The van der Waals surface area contributed by atoms with Gasteiger partial charge in [-0.25, -0.2) is 19.9 Å². The summed E-state index contributed by atoms with van der Waals surface area (Å²) in [5.41, 5.74) is 30.1. The van der Waals surface area contributed by atoms with Crippen molar-refractivity contribution in [3.8, 4) is 0 Å². The first kappa shape index (κ1) is 113. The number of carbonyl (C=O) groups is 4. The molecule has 0 bridgehead atoms. The van der Waals surface area contributed by atoms with Gasteiger partial charge in [0.25, 0.3) is 22.2 Å². The number of ether oxygens (including phenoxy) is 4. The first-order valence-electron chi connectivity index (χ1n) is 44.5. The summed E-state index contributed by atoms with van der Waals surface area (Å²) in [6.07, 6.45) is 9.95. The third-order valence-electron chi connectivity index (χ3n) is 20.2. The molecule has 0 spiro atoms. The summed E-state index contributed by atoms with van der Waals surface area (Å²) in [5, 5.41) is 0.183. The molecule has 4 atom stereocenters. The van der Waals surface area contributed by atoms with E-state index in [1.54, 1.807) is 25.2 Å². The van der Waals surface area contributed by atoms with Crippen LogP contribution in [0.4, 0.5) is 23.8 Å². The zero-order valence-corrected chi connectivity index (χ0v) is 86.2. The molecular weight excluding hydrogens is 1990 g/mol. The number of aromatic nitrogens is 16. The van der Waals surface area contributed by atoms with Gasteiger partial charge in [-0.1, -0.05) is 207 Å². The van der Waals surface area contributed by atoms with Gasteiger partial charge in [0.2, 0.25) is 23.8 Å². The van der Waals surface area contributed by atoms with Gasteiger partial charge in [0.15, 0.2) is 65.1 Å². The van der Waals surface area contributed by atoms with Crippen LogP contribution >= 0.6 is 77.4 Å². The second-order valence-corrected chi connectivity index (χ2v) is 45.1. The Hall–Kier alpha value is -10.3. The Morgan fingerprint density at radius 1 is 0.404 bits per heavy atom. The van der Waals surface area contributed by atoms with E-state index in [0.717, 1.165) is 99.1 Å². The van der Waals surface area contributed by atoms with Crippen molar-refractivity contribution in [2.75, 3.05) is 124 Å².